The highest BCUT2D eigenvalue weighted by molar-refractivity contribution is 5.78. The fourth-order valence-corrected chi connectivity index (χ4v) is 6.42. The summed E-state index contributed by atoms with van der Waals surface area (Å²) in [6, 6.07) is 18.4. The Labute approximate surface area is 218 Å². The number of nitrogens with zero attached hydrogens (tertiary/aromatic N) is 2. The third-order valence-corrected chi connectivity index (χ3v) is 8.09. The summed E-state index contributed by atoms with van der Waals surface area (Å²) in [6.45, 7) is 10.3. The summed E-state index contributed by atoms with van der Waals surface area (Å²) in [5.74, 6) is -1.04. The van der Waals surface area contributed by atoms with E-state index in [1.165, 1.54) is 29.0 Å². The third kappa shape index (κ3) is 4.66. The van der Waals surface area contributed by atoms with Crippen LogP contribution in [0.5, 0.6) is 0 Å². The van der Waals surface area contributed by atoms with Gasteiger partial charge in [-0.25, -0.2) is 4.39 Å². The predicted octanol–water partition coefficient (Wildman–Crippen LogP) is 6.05. The van der Waals surface area contributed by atoms with Crippen LogP contribution in [-0.4, -0.2) is 39.6 Å². The summed E-state index contributed by atoms with van der Waals surface area (Å²) in [5.41, 5.74) is 6.79. The van der Waals surface area contributed by atoms with E-state index in [2.05, 4.69) is 59.9 Å². The molecule has 5 nitrogen and oxygen atoms in total. The molecule has 6 heteroatoms. The smallest absolute Gasteiger partial charge is 0.307 e. The number of benzene rings is 2. The molecule has 0 radical (unpaired) electrons. The van der Waals surface area contributed by atoms with Crippen molar-refractivity contribution >= 4 is 17.2 Å². The largest absolute Gasteiger partial charge is 0.481 e. The van der Waals surface area contributed by atoms with Gasteiger partial charge in [-0.3, -0.25) is 14.7 Å². The van der Waals surface area contributed by atoms with E-state index in [1.54, 1.807) is 0 Å². The van der Waals surface area contributed by atoms with Gasteiger partial charge in [0.1, 0.15) is 5.82 Å². The third-order valence-electron chi connectivity index (χ3n) is 8.09. The van der Waals surface area contributed by atoms with Crippen LogP contribution in [-0.2, 0) is 17.6 Å². The number of carboxylic acid groups (broad SMARTS) is 1. The van der Waals surface area contributed by atoms with Crippen molar-refractivity contribution < 1.29 is 14.3 Å². The van der Waals surface area contributed by atoms with Crippen molar-refractivity contribution in [3.63, 3.8) is 0 Å². The number of aromatic nitrogens is 1. The molecule has 2 aliphatic heterocycles. The van der Waals surface area contributed by atoms with Crippen LogP contribution in [0, 0.1) is 18.7 Å². The first kappa shape index (κ1) is 25.2. The maximum Gasteiger partial charge on any atom is 0.307 e. The lowest BCUT2D eigenvalue weighted by atomic mass is 9.76. The minimum Gasteiger partial charge on any atom is -0.481 e. The first-order valence-corrected chi connectivity index (χ1v) is 13.1. The topological polar surface area (TPSA) is 65.2 Å². The molecule has 0 amide bonds. The average molecular weight is 500 g/mol. The number of carbonyl (C=O) groups is 1. The lowest BCUT2D eigenvalue weighted by Gasteiger charge is -2.35. The lowest BCUT2D eigenvalue weighted by Crippen LogP contribution is -2.38. The average Bonchev–Trinajstić information content (AvgIpc) is 3.51. The van der Waals surface area contributed by atoms with Crippen LogP contribution in [0.25, 0.3) is 5.57 Å². The van der Waals surface area contributed by atoms with Crippen LogP contribution in [0.15, 0.2) is 67.4 Å². The second-order valence-corrected chi connectivity index (χ2v) is 10.3. The highest BCUT2D eigenvalue weighted by Crippen LogP contribution is 2.63. The molecule has 1 aromatic heterocycles. The normalized spacial score (nSPS) is 24.3. The number of carboxylic acids is 1. The standard InChI is InChI=1S/C31H34FN3O2/c1-4-13-31(26-19-33-27-17-25(32)18-34-29(27)21(26)3)30(23-8-6-5-7-9-23)35(31)14-12-24-15-22(16-28(36)37)11-10-20(24)2/h5-11,15,17-18,26,30,33H,3-4,12-14,16,19H2,1-2H3,(H,36,37)/t26-,30+,31?,35?/m0/s1. The molecular weight excluding hydrogens is 465 g/mol. The molecule has 4 atom stereocenters. The minimum atomic E-state index is -0.816. The summed E-state index contributed by atoms with van der Waals surface area (Å²) in [4.78, 5) is 18.3. The minimum absolute atomic E-state index is 0.0317. The molecule has 2 N–H and O–H groups in total. The molecule has 0 spiro atoms. The summed E-state index contributed by atoms with van der Waals surface area (Å²) in [5, 5.41) is 12.7. The molecule has 0 bridgehead atoms. The zero-order valence-electron chi connectivity index (χ0n) is 21.5. The van der Waals surface area contributed by atoms with E-state index >= 15 is 0 Å². The molecule has 3 heterocycles. The van der Waals surface area contributed by atoms with Crippen molar-refractivity contribution in [1.29, 1.82) is 0 Å². The van der Waals surface area contributed by atoms with Gasteiger partial charge in [-0.2, -0.15) is 0 Å². The fraction of sp³-hybridized carbons (Fsp3) is 0.355. The van der Waals surface area contributed by atoms with Gasteiger partial charge in [-0.1, -0.05) is 68.5 Å². The van der Waals surface area contributed by atoms with E-state index in [4.69, 9.17) is 0 Å². The molecule has 2 unspecified atom stereocenters. The van der Waals surface area contributed by atoms with Crippen molar-refractivity contribution in [2.45, 2.75) is 51.1 Å². The van der Waals surface area contributed by atoms with Crippen LogP contribution in [0.1, 0.15) is 53.8 Å². The summed E-state index contributed by atoms with van der Waals surface area (Å²) >= 11 is 0. The molecule has 192 valence electrons. The van der Waals surface area contributed by atoms with E-state index in [0.717, 1.165) is 42.6 Å². The number of halogens is 1. The van der Waals surface area contributed by atoms with Gasteiger partial charge in [-0.05, 0) is 47.6 Å². The Balaban J connectivity index is 1.48. The maximum absolute atomic E-state index is 13.9. The molecule has 3 aromatic rings. The first-order valence-electron chi connectivity index (χ1n) is 13.1. The molecular formula is C31H34FN3O2. The lowest BCUT2D eigenvalue weighted by molar-refractivity contribution is -0.136. The highest BCUT2D eigenvalue weighted by Gasteiger charge is 2.66. The number of aryl methyl sites for hydroxylation is 1. The van der Waals surface area contributed by atoms with E-state index in [1.807, 2.05) is 24.3 Å². The van der Waals surface area contributed by atoms with E-state index in [9.17, 15) is 14.3 Å². The van der Waals surface area contributed by atoms with Crippen LogP contribution >= 0.6 is 0 Å². The van der Waals surface area contributed by atoms with Gasteiger partial charge in [0.15, 0.2) is 0 Å². The van der Waals surface area contributed by atoms with Gasteiger partial charge >= 0.3 is 5.97 Å². The number of rotatable bonds is 9. The number of aliphatic carboxylic acids is 1. The number of hydrogen-bond acceptors (Lipinski definition) is 4. The summed E-state index contributed by atoms with van der Waals surface area (Å²) < 4.78 is 13.9. The van der Waals surface area contributed by atoms with Crippen LogP contribution in [0.2, 0.25) is 0 Å². The Morgan fingerprint density at radius 3 is 2.76 bits per heavy atom. The van der Waals surface area contributed by atoms with Gasteiger partial charge in [0, 0.05) is 30.6 Å². The maximum atomic E-state index is 13.9. The van der Waals surface area contributed by atoms with Crippen LogP contribution in [0.3, 0.4) is 0 Å². The second-order valence-electron chi connectivity index (χ2n) is 10.3. The van der Waals surface area contributed by atoms with Crippen LogP contribution in [0.4, 0.5) is 10.1 Å². The zero-order valence-corrected chi connectivity index (χ0v) is 21.5. The molecule has 5 rings (SSSR count). The van der Waals surface area contributed by atoms with Crippen molar-refractivity contribution in [2.24, 2.45) is 5.92 Å². The predicted molar refractivity (Wildman–Crippen MR) is 145 cm³/mol. The molecule has 37 heavy (non-hydrogen) atoms. The Morgan fingerprint density at radius 1 is 1.24 bits per heavy atom. The Hall–Kier alpha value is -3.51. The number of fused-ring (bicyclic) bond motifs is 1. The zero-order chi connectivity index (χ0) is 26.2. The number of hydrogen-bond donors (Lipinski definition) is 2. The second kappa shape index (κ2) is 10.1. The van der Waals surface area contributed by atoms with Crippen molar-refractivity contribution in [3.05, 3.63) is 101 Å². The Bertz CT molecular complexity index is 1330. The molecule has 0 saturated carbocycles. The number of anilines is 1. The van der Waals surface area contributed by atoms with Gasteiger partial charge in [0.25, 0.3) is 0 Å². The molecule has 1 fully saturated rings. The van der Waals surface area contributed by atoms with Gasteiger partial charge in [0.05, 0.1) is 30.0 Å². The Kier molecular flexibility index (Phi) is 6.86. The van der Waals surface area contributed by atoms with E-state index in [0.29, 0.717) is 12.2 Å². The van der Waals surface area contributed by atoms with Crippen molar-refractivity contribution in [3.8, 4) is 0 Å². The quantitative estimate of drug-likeness (QED) is 0.351. The SMILES string of the molecule is C=C1c2ncc(F)cc2NC[C@@H]1C1(CCC)[C@@H](c2ccccc2)N1CCc1cc(CC(=O)O)ccc1C. The van der Waals surface area contributed by atoms with E-state index in [-0.39, 0.29) is 29.7 Å². The van der Waals surface area contributed by atoms with Crippen molar-refractivity contribution in [1.82, 2.24) is 9.88 Å². The van der Waals surface area contributed by atoms with Gasteiger partial charge in [-0.15, -0.1) is 0 Å². The van der Waals surface area contributed by atoms with Gasteiger partial charge in [0.2, 0.25) is 0 Å². The fourth-order valence-electron chi connectivity index (χ4n) is 6.42. The highest BCUT2D eigenvalue weighted by atomic mass is 19.1. The van der Waals surface area contributed by atoms with Crippen molar-refractivity contribution in [2.75, 3.05) is 18.4 Å². The molecule has 2 aromatic carbocycles. The Morgan fingerprint density at radius 2 is 2.03 bits per heavy atom. The number of pyridine rings is 1. The monoisotopic (exact) mass is 499 g/mol. The molecule has 2 aliphatic rings. The number of nitrogens with one attached hydrogen (secondary N) is 1. The van der Waals surface area contributed by atoms with Gasteiger partial charge < -0.3 is 10.4 Å². The molecule has 0 aliphatic carbocycles. The summed E-state index contributed by atoms with van der Waals surface area (Å²) in [7, 11) is 0. The van der Waals surface area contributed by atoms with Crippen LogP contribution < -0.4 is 5.32 Å². The summed E-state index contributed by atoms with van der Waals surface area (Å²) in [6.07, 6.45) is 4.17. The molecule has 1 saturated heterocycles. The van der Waals surface area contributed by atoms with E-state index < -0.39 is 5.97 Å². The first-order chi connectivity index (χ1) is 17.8.